The van der Waals surface area contributed by atoms with Gasteiger partial charge in [-0.3, -0.25) is 4.90 Å². The van der Waals surface area contributed by atoms with Crippen molar-refractivity contribution < 1.29 is 4.74 Å². The van der Waals surface area contributed by atoms with Gasteiger partial charge < -0.3 is 10.5 Å². The summed E-state index contributed by atoms with van der Waals surface area (Å²) in [5, 5.41) is 0. The number of rotatable bonds is 9. The van der Waals surface area contributed by atoms with Crippen LogP contribution in [0.5, 0.6) is 0 Å². The van der Waals surface area contributed by atoms with Crippen molar-refractivity contribution in [3.63, 3.8) is 0 Å². The Kier molecular flexibility index (Phi) is 8.48. The highest BCUT2D eigenvalue weighted by molar-refractivity contribution is 4.77. The van der Waals surface area contributed by atoms with Crippen LogP contribution in [0.3, 0.4) is 0 Å². The molecule has 0 aliphatic heterocycles. The Morgan fingerprint density at radius 3 is 2.47 bits per heavy atom. The van der Waals surface area contributed by atoms with E-state index in [1.807, 2.05) is 6.08 Å². The van der Waals surface area contributed by atoms with Crippen LogP contribution in [0.2, 0.25) is 0 Å². The first-order valence-electron chi connectivity index (χ1n) is 6.47. The molecule has 2 N–H and O–H groups in total. The number of methoxy groups -OCH3 is 1. The van der Waals surface area contributed by atoms with Crippen LogP contribution >= 0.6 is 0 Å². The second-order valence-corrected chi connectivity index (χ2v) is 5.90. The van der Waals surface area contributed by atoms with E-state index >= 15 is 0 Å². The Hall–Kier alpha value is -0.380. The molecule has 0 aliphatic carbocycles. The quantitative estimate of drug-likeness (QED) is 0.630. The minimum atomic E-state index is 0.282. The van der Waals surface area contributed by atoms with Crippen LogP contribution in [0.15, 0.2) is 12.7 Å². The standard InChI is InChI=1S/C14H30N2O/c1-6-8-16(10-11-17-5)9-7-13(15)12-14(2,3)4/h6,13H,1,7-12,15H2,2-5H3. The van der Waals surface area contributed by atoms with Crippen molar-refractivity contribution in [2.75, 3.05) is 33.4 Å². The Bertz CT molecular complexity index is 199. The summed E-state index contributed by atoms with van der Waals surface area (Å²) in [5.74, 6) is 0. The summed E-state index contributed by atoms with van der Waals surface area (Å²) in [6, 6.07) is 0.282. The van der Waals surface area contributed by atoms with Gasteiger partial charge in [-0.1, -0.05) is 26.8 Å². The summed E-state index contributed by atoms with van der Waals surface area (Å²) in [4.78, 5) is 2.33. The zero-order chi connectivity index (χ0) is 13.3. The second kappa shape index (κ2) is 8.67. The second-order valence-electron chi connectivity index (χ2n) is 5.90. The Labute approximate surface area is 107 Å². The number of nitrogens with zero attached hydrogens (tertiary/aromatic N) is 1. The van der Waals surface area contributed by atoms with Gasteiger partial charge in [-0.15, -0.1) is 6.58 Å². The lowest BCUT2D eigenvalue weighted by Gasteiger charge is -2.26. The van der Waals surface area contributed by atoms with Crippen LogP contribution in [0.1, 0.15) is 33.6 Å². The van der Waals surface area contributed by atoms with Crippen LogP contribution in [0, 0.1) is 5.41 Å². The first-order chi connectivity index (χ1) is 7.89. The lowest BCUT2D eigenvalue weighted by atomic mass is 9.87. The molecule has 0 amide bonds. The van der Waals surface area contributed by atoms with E-state index in [0.29, 0.717) is 5.41 Å². The van der Waals surface area contributed by atoms with Crippen molar-refractivity contribution in [1.29, 1.82) is 0 Å². The van der Waals surface area contributed by atoms with Crippen molar-refractivity contribution >= 4 is 0 Å². The normalized spacial score (nSPS) is 14.0. The average molecular weight is 242 g/mol. The third kappa shape index (κ3) is 10.5. The van der Waals surface area contributed by atoms with E-state index in [1.165, 1.54) is 0 Å². The molecule has 0 saturated heterocycles. The molecule has 0 aromatic carbocycles. The van der Waals surface area contributed by atoms with Crippen molar-refractivity contribution in [3.8, 4) is 0 Å². The van der Waals surface area contributed by atoms with E-state index in [1.54, 1.807) is 7.11 Å². The lowest BCUT2D eigenvalue weighted by molar-refractivity contribution is 0.151. The lowest BCUT2D eigenvalue weighted by Crippen LogP contribution is -2.34. The highest BCUT2D eigenvalue weighted by Crippen LogP contribution is 2.21. The Morgan fingerprint density at radius 2 is 2.00 bits per heavy atom. The number of ether oxygens (including phenoxy) is 1. The van der Waals surface area contributed by atoms with Crippen LogP contribution in [-0.4, -0.2) is 44.3 Å². The number of hydrogen-bond acceptors (Lipinski definition) is 3. The number of nitrogens with two attached hydrogens (primary N) is 1. The molecule has 1 atom stereocenters. The molecule has 0 bridgehead atoms. The molecule has 17 heavy (non-hydrogen) atoms. The Morgan fingerprint density at radius 1 is 1.35 bits per heavy atom. The van der Waals surface area contributed by atoms with Crippen LogP contribution in [-0.2, 0) is 4.74 Å². The molecule has 0 spiro atoms. The molecule has 0 aliphatic rings. The summed E-state index contributed by atoms with van der Waals surface area (Å²) in [5.41, 5.74) is 6.46. The maximum Gasteiger partial charge on any atom is 0.0589 e. The molecule has 3 heteroatoms. The minimum absolute atomic E-state index is 0.282. The van der Waals surface area contributed by atoms with E-state index in [0.717, 1.165) is 39.1 Å². The molecule has 0 aromatic rings. The molecule has 0 heterocycles. The predicted molar refractivity (Wildman–Crippen MR) is 75.2 cm³/mol. The molecular formula is C14H30N2O. The highest BCUT2D eigenvalue weighted by atomic mass is 16.5. The average Bonchev–Trinajstić information content (AvgIpc) is 2.19. The first kappa shape index (κ1) is 16.6. The van der Waals surface area contributed by atoms with Crippen molar-refractivity contribution in [2.45, 2.75) is 39.7 Å². The van der Waals surface area contributed by atoms with Gasteiger partial charge >= 0.3 is 0 Å². The van der Waals surface area contributed by atoms with Gasteiger partial charge in [0, 0.05) is 32.8 Å². The summed E-state index contributed by atoms with van der Waals surface area (Å²) in [7, 11) is 1.73. The van der Waals surface area contributed by atoms with Gasteiger partial charge in [0.2, 0.25) is 0 Å². The monoisotopic (exact) mass is 242 g/mol. The molecule has 0 saturated carbocycles. The maximum absolute atomic E-state index is 6.15. The molecule has 3 nitrogen and oxygen atoms in total. The fourth-order valence-electron chi connectivity index (χ4n) is 1.93. The molecule has 0 rings (SSSR count). The molecule has 0 aromatic heterocycles. The summed E-state index contributed by atoms with van der Waals surface area (Å²) >= 11 is 0. The zero-order valence-corrected chi connectivity index (χ0v) is 12.0. The Balaban J connectivity index is 3.89. The van der Waals surface area contributed by atoms with Crippen molar-refractivity contribution in [3.05, 3.63) is 12.7 Å². The van der Waals surface area contributed by atoms with E-state index in [9.17, 15) is 0 Å². The summed E-state index contributed by atoms with van der Waals surface area (Å²) in [6.45, 7) is 14.1. The first-order valence-corrected chi connectivity index (χ1v) is 6.47. The fraction of sp³-hybridized carbons (Fsp3) is 0.857. The summed E-state index contributed by atoms with van der Waals surface area (Å²) < 4.78 is 5.10. The van der Waals surface area contributed by atoms with Crippen LogP contribution in [0.25, 0.3) is 0 Å². The number of hydrogen-bond donors (Lipinski definition) is 1. The van der Waals surface area contributed by atoms with Gasteiger partial charge in [-0.05, 0) is 18.3 Å². The molecular weight excluding hydrogens is 212 g/mol. The van der Waals surface area contributed by atoms with Crippen molar-refractivity contribution in [1.82, 2.24) is 4.90 Å². The smallest absolute Gasteiger partial charge is 0.0589 e. The van der Waals surface area contributed by atoms with Crippen LogP contribution < -0.4 is 5.73 Å². The van der Waals surface area contributed by atoms with Gasteiger partial charge in [0.25, 0.3) is 0 Å². The largest absolute Gasteiger partial charge is 0.383 e. The third-order valence-corrected chi connectivity index (χ3v) is 2.69. The summed E-state index contributed by atoms with van der Waals surface area (Å²) in [6.07, 6.45) is 4.04. The SMILES string of the molecule is C=CCN(CCOC)CCC(N)CC(C)(C)C. The zero-order valence-electron chi connectivity index (χ0n) is 12.0. The minimum Gasteiger partial charge on any atom is -0.383 e. The third-order valence-electron chi connectivity index (χ3n) is 2.69. The van der Waals surface area contributed by atoms with E-state index in [2.05, 4.69) is 32.3 Å². The van der Waals surface area contributed by atoms with Crippen LogP contribution in [0.4, 0.5) is 0 Å². The van der Waals surface area contributed by atoms with Crippen molar-refractivity contribution in [2.24, 2.45) is 11.1 Å². The highest BCUT2D eigenvalue weighted by Gasteiger charge is 2.16. The maximum atomic E-state index is 6.15. The molecule has 0 radical (unpaired) electrons. The van der Waals surface area contributed by atoms with E-state index in [4.69, 9.17) is 10.5 Å². The van der Waals surface area contributed by atoms with E-state index < -0.39 is 0 Å². The topological polar surface area (TPSA) is 38.5 Å². The van der Waals surface area contributed by atoms with Gasteiger partial charge in [-0.25, -0.2) is 0 Å². The van der Waals surface area contributed by atoms with Gasteiger partial charge in [-0.2, -0.15) is 0 Å². The molecule has 102 valence electrons. The molecule has 0 fully saturated rings. The van der Waals surface area contributed by atoms with Gasteiger partial charge in [0.1, 0.15) is 0 Å². The van der Waals surface area contributed by atoms with E-state index in [-0.39, 0.29) is 6.04 Å². The molecule has 1 unspecified atom stereocenters. The van der Waals surface area contributed by atoms with Gasteiger partial charge in [0.15, 0.2) is 0 Å². The predicted octanol–water partition coefficient (Wildman–Crippen LogP) is 2.27. The fourth-order valence-corrected chi connectivity index (χ4v) is 1.93. The van der Waals surface area contributed by atoms with Gasteiger partial charge in [0.05, 0.1) is 6.61 Å².